The Morgan fingerprint density at radius 3 is 2.03 bits per heavy atom. The van der Waals surface area contributed by atoms with Crippen LogP contribution < -0.4 is 15.8 Å². The van der Waals surface area contributed by atoms with Crippen molar-refractivity contribution < 1.29 is 18.5 Å². The highest BCUT2D eigenvalue weighted by atomic mass is 32.2. The van der Waals surface area contributed by atoms with Crippen molar-refractivity contribution in [3.63, 3.8) is 0 Å². The highest BCUT2D eigenvalue weighted by Gasteiger charge is 2.21. The molecule has 0 aliphatic heterocycles. The number of benzene rings is 2. The molecule has 5 N–H and O–H groups in total. The molecule has 2 aromatic carbocycles. The van der Waals surface area contributed by atoms with Gasteiger partial charge in [0.05, 0.1) is 10.9 Å². The van der Waals surface area contributed by atoms with E-state index < -0.39 is 10.0 Å². The number of quaternary nitrogens is 1. The number of hydrogen-bond acceptors (Lipinski definition) is 3. The number of primary sulfonamides is 1. The number of carbonyl (C=O) groups is 1. The zero-order valence-electron chi connectivity index (χ0n) is 17.6. The van der Waals surface area contributed by atoms with Crippen LogP contribution in [-0.4, -0.2) is 20.9 Å². The van der Waals surface area contributed by atoms with E-state index in [1.54, 1.807) is 12.1 Å². The average molecular weight is 419 g/mol. The Kier molecular flexibility index (Phi) is 7.96. The lowest BCUT2D eigenvalue weighted by Crippen LogP contribution is -2.88. The molecule has 0 saturated heterocycles. The maximum atomic E-state index is 12.5. The molecule has 0 heterocycles. The molecule has 1 amide bonds. The summed E-state index contributed by atoms with van der Waals surface area (Å²) in [4.78, 5) is 12.5. The largest absolute Gasteiger partial charge is 0.345 e. The van der Waals surface area contributed by atoms with Crippen LogP contribution in [0.15, 0.2) is 53.4 Å². The second-order valence-electron chi connectivity index (χ2n) is 7.71. The van der Waals surface area contributed by atoms with Gasteiger partial charge < -0.3 is 10.6 Å². The Labute approximate surface area is 173 Å². The molecule has 158 valence electrons. The van der Waals surface area contributed by atoms with E-state index in [-0.39, 0.29) is 22.9 Å². The first-order valence-corrected chi connectivity index (χ1v) is 11.5. The van der Waals surface area contributed by atoms with Gasteiger partial charge >= 0.3 is 0 Å². The molecule has 6 nitrogen and oxygen atoms in total. The molecule has 2 atom stereocenters. The number of aryl methyl sites for hydroxylation is 1. The van der Waals surface area contributed by atoms with Gasteiger partial charge in [0, 0.05) is 11.5 Å². The molecule has 0 aliphatic carbocycles. The molecule has 0 aliphatic rings. The van der Waals surface area contributed by atoms with E-state index in [2.05, 4.69) is 55.7 Å². The number of rotatable bonds is 9. The molecule has 0 radical (unpaired) electrons. The van der Waals surface area contributed by atoms with Crippen LogP contribution in [0.3, 0.4) is 0 Å². The van der Waals surface area contributed by atoms with Crippen molar-refractivity contribution in [2.45, 2.75) is 51.1 Å². The molecular weight excluding hydrogens is 386 g/mol. The van der Waals surface area contributed by atoms with Crippen LogP contribution in [0, 0.1) is 5.92 Å². The van der Waals surface area contributed by atoms with Gasteiger partial charge in [-0.3, -0.25) is 4.79 Å². The number of nitrogens with two attached hydrogens (primary N) is 2. The first kappa shape index (κ1) is 23.1. The quantitative estimate of drug-likeness (QED) is 0.580. The highest BCUT2D eigenvalue weighted by molar-refractivity contribution is 7.89. The summed E-state index contributed by atoms with van der Waals surface area (Å²) in [6.07, 6.45) is 1.01. The van der Waals surface area contributed by atoms with E-state index in [1.807, 2.05) is 6.92 Å². The average Bonchev–Trinajstić information content (AvgIpc) is 2.67. The summed E-state index contributed by atoms with van der Waals surface area (Å²) in [7, 11) is -3.72. The van der Waals surface area contributed by atoms with E-state index in [0.717, 1.165) is 12.0 Å². The van der Waals surface area contributed by atoms with Crippen LogP contribution in [0.5, 0.6) is 0 Å². The number of carbonyl (C=O) groups excluding carboxylic acids is 1. The number of nitrogens with one attached hydrogen (secondary N) is 1. The van der Waals surface area contributed by atoms with E-state index in [1.165, 1.54) is 23.3 Å². The lowest BCUT2D eigenvalue weighted by atomic mass is 9.95. The maximum Gasteiger partial charge on any atom is 0.275 e. The van der Waals surface area contributed by atoms with E-state index in [4.69, 9.17) is 5.14 Å². The summed E-state index contributed by atoms with van der Waals surface area (Å²) in [5.74, 6) is 0.322. The number of hydrogen-bond donors (Lipinski definition) is 3. The van der Waals surface area contributed by atoms with Crippen LogP contribution in [0.2, 0.25) is 0 Å². The van der Waals surface area contributed by atoms with E-state index >= 15 is 0 Å². The summed E-state index contributed by atoms with van der Waals surface area (Å²) in [6, 6.07) is 14.8. The zero-order valence-corrected chi connectivity index (χ0v) is 18.4. The van der Waals surface area contributed by atoms with Gasteiger partial charge in [-0.05, 0) is 36.6 Å². The topological polar surface area (TPSA) is 106 Å². The number of sulfonamides is 1. The van der Waals surface area contributed by atoms with Gasteiger partial charge in [-0.15, -0.1) is 0 Å². The summed E-state index contributed by atoms with van der Waals surface area (Å²) < 4.78 is 22.7. The third-order valence-electron chi connectivity index (χ3n) is 5.13. The fourth-order valence-corrected chi connectivity index (χ4v) is 3.85. The summed E-state index contributed by atoms with van der Waals surface area (Å²) >= 11 is 0. The summed E-state index contributed by atoms with van der Waals surface area (Å²) in [5, 5.41) is 10.2. The van der Waals surface area contributed by atoms with Gasteiger partial charge in [0.2, 0.25) is 10.0 Å². The second kappa shape index (κ2) is 10.0. The predicted octanol–water partition coefficient (Wildman–Crippen LogP) is 2.03. The van der Waals surface area contributed by atoms with Crippen LogP contribution in [0.4, 0.5) is 0 Å². The van der Waals surface area contributed by atoms with Crippen molar-refractivity contribution in [3.8, 4) is 0 Å². The SMILES string of the molecule is CCc1ccc([C@@H]([NH2+]CC(=O)N[C@H](C)c2ccc(S(N)(=O)=O)cc2)C(C)C)cc1. The van der Waals surface area contributed by atoms with E-state index in [0.29, 0.717) is 12.5 Å². The summed E-state index contributed by atoms with van der Waals surface area (Å²) in [5.41, 5.74) is 3.34. The van der Waals surface area contributed by atoms with Crippen molar-refractivity contribution >= 4 is 15.9 Å². The van der Waals surface area contributed by atoms with Gasteiger partial charge in [-0.1, -0.05) is 57.2 Å². The van der Waals surface area contributed by atoms with Crippen LogP contribution >= 0.6 is 0 Å². The Morgan fingerprint density at radius 2 is 1.55 bits per heavy atom. The van der Waals surface area contributed by atoms with Crippen molar-refractivity contribution in [2.75, 3.05) is 6.54 Å². The molecule has 0 bridgehead atoms. The first-order valence-electron chi connectivity index (χ1n) is 9.96. The Hall–Kier alpha value is -2.22. The maximum absolute atomic E-state index is 12.5. The fourth-order valence-electron chi connectivity index (χ4n) is 3.33. The minimum Gasteiger partial charge on any atom is -0.345 e. The van der Waals surface area contributed by atoms with Gasteiger partial charge in [-0.2, -0.15) is 0 Å². The van der Waals surface area contributed by atoms with Crippen molar-refractivity contribution in [1.82, 2.24) is 5.32 Å². The highest BCUT2D eigenvalue weighted by Crippen LogP contribution is 2.18. The molecular formula is C22H32N3O3S+. The Bertz CT molecular complexity index is 907. The van der Waals surface area contributed by atoms with Gasteiger partial charge in [0.25, 0.3) is 5.91 Å². The molecule has 0 aromatic heterocycles. The third kappa shape index (κ3) is 6.66. The lowest BCUT2D eigenvalue weighted by Gasteiger charge is -2.21. The standard InChI is InChI=1S/C22H31N3O3S/c1-5-17-6-8-19(9-7-17)22(15(2)3)24-14-21(26)25-16(4)18-10-12-20(13-11-18)29(23,27)28/h6-13,15-16,22,24H,5,14H2,1-4H3,(H,25,26)(H2,23,27,28)/p+1/t16-,22+/m1/s1. The van der Waals surface area contributed by atoms with Gasteiger partial charge in [0.15, 0.2) is 6.54 Å². The number of amides is 1. The predicted molar refractivity (Wildman–Crippen MR) is 115 cm³/mol. The second-order valence-corrected chi connectivity index (χ2v) is 9.27. The van der Waals surface area contributed by atoms with Crippen LogP contribution in [-0.2, 0) is 21.2 Å². The smallest absolute Gasteiger partial charge is 0.275 e. The molecule has 2 rings (SSSR count). The molecule has 0 fully saturated rings. The molecule has 0 unspecified atom stereocenters. The minimum absolute atomic E-state index is 0.0574. The first-order chi connectivity index (χ1) is 13.6. The Morgan fingerprint density at radius 1 is 1.00 bits per heavy atom. The van der Waals surface area contributed by atoms with E-state index in [9.17, 15) is 13.2 Å². The van der Waals surface area contributed by atoms with Crippen molar-refractivity contribution in [3.05, 3.63) is 65.2 Å². The molecule has 7 heteroatoms. The molecule has 0 spiro atoms. The summed E-state index contributed by atoms with van der Waals surface area (Å²) in [6.45, 7) is 8.63. The lowest BCUT2D eigenvalue weighted by molar-refractivity contribution is -0.692. The molecule has 2 aromatic rings. The molecule has 29 heavy (non-hydrogen) atoms. The third-order valence-corrected chi connectivity index (χ3v) is 6.06. The van der Waals surface area contributed by atoms with Crippen LogP contribution in [0.25, 0.3) is 0 Å². The van der Waals surface area contributed by atoms with Gasteiger partial charge in [-0.25, -0.2) is 13.6 Å². The van der Waals surface area contributed by atoms with Gasteiger partial charge in [0.1, 0.15) is 6.04 Å². The van der Waals surface area contributed by atoms with Crippen molar-refractivity contribution in [1.29, 1.82) is 0 Å². The fraction of sp³-hybridized carbons (Fsp3) is 0.409. The monoisotopic (exact) mass is 418 g/mol. The normalized spacial score (nSPS) is 13.9. The Balaban J connectivity index is 1.96. The zero-order chi connectivity index (χ0) is 21.6. The van der Waals surface area contributed by atoms with Crippen LogP contribution in [0.1, 0.15) is 56.5 Å². The minimum atomic E-state index is -3.72. The van der Waals surface area contributed by atoms with Crippen molar-refractivity contribution in [2.24, 2.45) is 11.1 Å². The molecule has 0 saturated carbocycles.